The van der Waals surface area contributed by atoms with E-state index in [-0.39, 0.29) is 16.8 Å². The van der Waals surface area contributed by atoms with Crippen LogP contribution in [-0.2, 0) is 9.59 Å². The second kappa shape index (κ2) is 7.67. The lowest BCUT2D eigenvalue weighted by molar-refractivity contribution is -0.298. The lowest BCUT2D eigenvalue weighted by Crippen LogP contribution is -2.32. The van der Waals surface area contributed by atoms with Crippen LogP contribution in [0.4, 0.5) is 5.69 Å². The van der Waals surface area contributed by atoms with E-state index in [2.05, 4.69) is 0 Å². The average Bonchev–Trinajstić information content (AvgIpc) is 2.98. The van der Waals surface area contributed by atoms with Gasteiger partial charge in [0, 0.05) is 22.9 Å². The summed E-state index contributed by atoms with van der Waals surface area (Å²) in [6, 6.07) is 9.35. The number of amides is 1. The van der Waals surface area contributed by atoms with Crippen molar-refractivity contribution in [3.8, 4) is 11.5 Å². The summed E-state index contributed by atoms with van der Waals surface area (Å²) in [5, 5.41) is 21.9. The third-order valence-corrected chi connectivity index (χ3v) is 4.68. The Labute approximate surface area is 166 Å². The fourth-order valence-corrected chi connectivity index (χ4v) is 3.34. The summed E-state index contributed by atoms with van der Waals surface area (Å²) >= 11 is 0. The lowest BCUT2D eigenvalue weighted by Gasteiger charge is -2.29. The van der Waals surface area contributed by atoms with Gasteiger partial charge in [-0.05, 0) is 43.0 Å². The van der Waals surface area contributed by atoms with Crippen molar-refractivity contribution in [1.82, 2.24) is 0 Å². The van der Waals surface area contributed by atoms with Gasteiger partial charge in [0.1, 0.15) is 11.5 Å². The number of hydrogen-bond donors (Lipinski definition) is 1. The van der Waals surface area contributed by atoms with Gasteiger partial charge in [-0.3, -0.25) is 14.5 Å². The van der Waals surface area contributed by atoms with Gasteiger partial charge in [-0.25, -0.2) is 4.79 Å². The molecule has 1 heterocycles. The standard InChI is InChI=1S/C21H19NO7/c1-11(23)17-18(15-8-7-14(28-2)10-16(15)29-3)22(20(25)19(17)24)13-6-4-5-12(9-13)21(26)27/h4-10,18,24H,1-3H3,(H,26,27)/p-1/t18-/m1/s1. The van der Waals surface area contributed by atoms with E-state index in [9.17, 15) is 24.6 Å². The van der Waals surface area contributed by atoms with Crippen LogP contribution < -0.4 is 19.5 Å². The Morgan fingerprint density at radius 3 is 2.41 bits per heavy atom. The molecule has 29 heavy (non-hydrogen) atoms. The first-order valence-electron chi connectivity index (χ1n) is 8.61. The van der Waals surface area contributed by atoms with Gasteiger partial charge in [-0.15, -0.1) is 0 Å². The molecule has 0 bridgehead atoms. The molecular weight excluding hydrogens is 378 g/mol. The number of carboxylic acid groups (broad SMARTS) is 1. The number of nitrogens with zero attached hydrogens (tertiary/aromatic N) is 1. The van der Waals surface area contributed by atoms with Crippen molar-refractivity contribution in [1.29, 1.82) is 0 Å². The van der Waals surface area contributed by atoms with Gasteiger partial charge >= 0.3 is 5.97 Å². The number of anilines is 1. The van der Waals surface area contributed by atoms with Crippen LogP contribution >= 0.6 is 0 Å². The second-order valence-corrected chi connectivity index (χ2v) is 6.34. The van der Waals surface area contributed by atoms with Crippen LogP contribution in [-0.4, -0.2) is 37.0 Å². The Hall–Kier alpha value is -3.81. The Bertz CT molecular complexity index is 1040. The first kappa shape index (κ1) is 19.9. The lowest BCUT2D eigenvalue weighted by atomic mass is 9.95. The summed E-state index contributed by atoms with van der Waals surface area (Å²) in [6.45, 7) is 1.21. The summed E-state index contributed by atoms with van der Waals surface area (Å²) in [4.78, 5) is 37.5. The van der Waals surface area contributed by atoms with Crippen molar-refractivity contribution in [3.05, 3.63) is 64.9 Å². The number of carboxylic acids is 1. The molecule has 1 N–H and O–H groups in total. The van der Waals surface area contributed by atoms with Crippen molar-refractivity contribution in [3.63, 3.8) is 0 Å². The molecule has 0 unspecified atom stereocenters. The van der Waals surface area contributed by atoms with Crippen LogP contribution in [0.3, 0.4) is 0 Å². The Kier molecular flexibility index (Phi) is 5.27. The van der Waals surface area contributed by atoms with E-state index in [0.29, 0.717) is 17.1 Å². The van der Waals surface area contributed by atoms with Crippen LogP contribution in [0.15, 0.2) is 53.8 Å². The summed E-state index contributed by atoms with van der Waals surface area (Å²) in [5.74, 6) is -2.77. The molecule has 3 rings (SSSR count). The Morgan fingerprint density at radius 1 is 1.10 bits per heavy atom. The van der Waals surface area contributed by atoms with Crippen molar-refractivity contribution >= 4 is 23.3 Å². The molecule has 1 aliphatic rings. The van der Waals surface area contributed by atoms with E-state index in [1.807, 2.05) is 0 Å². The second-order valence-electron chi connectivity index (χ2n) is 6.34. The summed E-state index contributed by atoms with van der Waals surface area (Å²) in [7, 11) is 2.90. The first-order valence-corrected chi connectivity index (χ1v) is 8.61. The largest absolute Gasteiger partial charge is 0.868 e. The maximum atomic E-state index is 12.8. The summed E-state index contributed by atoms with van der Waals surface area (Å²) in [6.07, 6.45) is 0. The molecule has 1 amide bonds. The van der Waals surface area contributed by atoms with Crippen LogP contribution in [0, 0.1) is 0 Å². The molecule has 1 atom stereocenters. The smallest absolute Gasteiger partial charge is 0.335 e. The number of carbonyl (C=O) groups excluding carboxylic acids is 2. The Balaban J connectivity index is 2.24. The molecule has 0 saturated heterocycles. The molecule has 0 radical (unpaired) electrons. The highest BCUT2D eigenvalue weighted by atomic mass is 16.5. The normalized spacial score (nSPS) is 16.2. The fourth-order valence-electron chi connectivity index (χ4n) is 3.34. The van der Waals surface area contributed by atoms with Crippen LogP contribution in [0.2, 0.25) is 0 Å². The third-order valence-electron chi connectivity index (χ3n) is 4.68. The molecule has 2 aromatic carbocycles. The van der Waals surface area contributed by atoms with Gasteiger partial charge in [0.05, 0.1) is 25.8 Å². The highest BCUT2D eigenvalue weighted by Crippen LogP contribution is 2.44. The summed E-state index contributed by atoms with van der Waals surface area (Å²) < 4.78 is 10.6. The van der Waals surface area contributed by atoms with Crippen LogP contribution in [0.1, 0.15) is 28.9 Å². The zero-order valence-electron chi connectivity index (χ0n) is 16.0. The van der Waals surface area contributed by atoms with E-state index in [1.165, 1.54) is 45.4 Å². The van der Waals surface area contributed by atoms with Crippen LogP contribution in [0.5, 0.6) is 11.5 Å². The van der Waals surface area contributed by atoms with E-state index in [4.69, 9.17) is 9.47 Å². The number of ketones is 1. The van der Waals surface area contributed by atoms with Crippen molar-refractivity contribution in [2.75, 3.05) is 19.1 Å². The quantitative estimate of drug-likeness (QED) is 0.790. The van der Waals surface area contributed by atoms with Gasteiger partial charge in [0.25, 0.3) is 0 Å². The molecule has 0 spiro atoms. The minimum Gasteiger partial charge on any atom is -0.868 e. The molecule has 1 aliphatic heterocycles. The highest BCUT2D eigenvalue weighted by Gasteiger charge is 2.40. The van der Waals surface area contributed by atoms with Crippen LogP contribution in [0.25, 0.3) is 0 Å². The monoisotopic (exact) mass is 396 g/mol. The first-order chi connectivity index (χ1) is 13.8. The topological polar surface area (TPSA) is 116 Å². The molecular formula is C21H18NO7-. The fraction of sp³-hybridized carbons (Fsp3) is 0.190. The number of hydrogen-bond acceptors (Lipinski definition) is 6. The van der Waals surface area contributed by atoms with E-state index in [1.54, 1.807) is 18.2 Å². The molecule has 0 aromatic heterocycles. The molecule has 0 aliphatic carbocycles. The van der Waals surface area contributed by atoms with Crippen molar-refractivity contribution in [2.45, 2.75) is 13.0 Å². The molecule has 8 heteroatoms. The average molecular weight is 396 g/mol. The van der Waals surface area contributed by atoms with E-state index >= 15 is 0 Å². The van der Waals surface area contributed by atoms with Crippen molar-refractivity contribution < 1.29 is 34.1 Å². The number of carbonyl (C=O) groups is 3. The predicted octanol–water partition coefficient (Wildman–Crippen LogP) is 1.69. The number of Topliss-reactive ketones (excluding diaryl/α,β-unsaturated/α-hetero) is 1. The van der Waals surface area contributed by atoms with Gasteiger partial charge in [0.2, 0.25) is 5.91 Å². The van der Waals surface area contributed by atoms with Gasteiger partial charge < -0.3 is 19.7 Å². The molecule has 0 fully saturated rings. The predicted molar refractivity (Wildman–Crippen MR) is 101 cm³/mol. The third kappa shape index (κ3) is 3.40. The van der Waals surface area contributed by atoms with Crippen molar-refractivity contribution in [2.24, 2.45) is 0 Å². The maximum absolute atomic E-state index is 12.8. The molecule has 2 aromatic rings. The van der Waals surface area contributed by atoms with Gasteiger partial charge in [0.15, 0.2) is 5.78 Å². The Morgan fingerprint density at radius 2 is 1.83 bits per heavy atom. The summed E-state index contributed by atoms with van der Waals surface area (Å²) in [5.41, 5.74) is 0.319. The highest BCUT2D eigenvalue weighted by molar-refractivity contribution is 6.16. The zero-order chi connectivity index (χ0) is 21.3. The zero-order valence-corrected chi connectivity index (χ0v) is 16.0. The minimum absolute atomic E-state index is 0.0560. The maximum Gasteiger partial charge on any atom is 0.335 e. The molecule has 8 nitrogen and oxygen atoms in total. The molecule has 0 saturated carbocycles. The number of ether oxygens (including phenoxy) is 2. The number of methoxy groups -OCH3 is 2. The van der Waals surface area contributed by atoms with E-state index < -0.39 is 29.5 Å². The SMILES string of the molecule is COc1ccc([C@@H]2C(C(C)=O)=C([O-])C(=O)N2c2cccc(C(=O)O)c2)c(OC)c1. The number of rotatable bonds is 6. The molecule has 150 valence electrons. The van der Waals surface area contributed by atoms with Gasteiger partial charge in [-0.2, -0.15) is 0 Å². The van der Waals surface area contributed by atoms with Gasteiger partial charge in [-0.1, -0.05) is 6.07 Å². The number of benzene rings is 2. The number of aromatic carboxylic acids is 1. The minimum atomic E-state index is -1.18. The van der Waals surface area contributed by atoms with E-state index in [0.717, 1.165) is 4.90 Å².